The van der Waals surface area contributed by atoms with E-state index in [1.807, 2.05) is 6.20 Å². The molecule has 5 rings (SSSR count). The predicted octanol–water partition coefficient (Wildman–Crippen LogP) is 2.40. The highest BCUT2D eigenvalue weighted by molar-refractivity contribution is 5.63. The summed E-state index contributed by atoms with van der Waals surface area (Å²) in [6.45, 7) is 10.2. The summed E-state index contributed by atoms with van der Waals surface area (Å²) in [5.41, 5.74) is 3.70. The molecule has 3 aliphatic heterocycles. The third-order valence-corrected chi connectivity index (χ3v) is 6.50. The molecule has 0 aliphatic carbocycles. The molecule has 2 saturated heterocycles. The maximum atomic E-state index is 4.98. The van der Waals surface area contributed by atoms with Crippen molar-refractivity contribution in [1.82, 2.24) is 20.2 Å². The number of aromatic nitrogens is 2. The minimum Gasteiger partial charge on any atom is -0.369 e. The second-order valence-corrected chi connectivity index (χ2v) is 8.47. The monoisotopic (exact) mass is 392 g/mol. The Kier molecular flexibility index (Phi) is 5.63. The van der Waals surface area contributed by atoms with Crippen molar-refractivity contribution in [3.8, 4) is 11.4 Å². The van der Waals surface area contributed by atoms with E-state index in [1.54, 1.807) is 0 Å². The number of piperazine rings is 1. The molecule has 1 N–H and O–H groups in total. The zero-order valence-electron chi connectivity index (χ0n) is 17.3. The van der Waals surface area contributed by atoms with Crippen LogP contribution in [0.25, 0.3) is 11.4 Å². The number of hydrogen-bond donors (Lipinski definition) is 1. The fourth-order valence-electron chi connectivity index (χ4n) is 4.80. The van der Waals surface area contributed by atoms with Crippen molar-refractivity contribution in [3.05, 3.63) is 36.0 Å². The topological polar surface area (TPSA) is 47.5 Å². The molecule has 6 nitrogen and oxygen atoms in total. The van der Waals surface area contributed by atoms with Crippen molar-refractivity contribution >= 4 is 11.5 Å². The van der Waals surface area contributed by atoms with Crippen molar-refractivity contribution in [2.75, 3.05) is 68.7 Å². The van der Waals surface area contributed by atoms with Crippen molar-refractivity contribution in [3.63, 3.8) is 0 Å². The van der Waals surface area contributed by atoms with Crippen molar-refractivity contribution in [2.24, 2.45) is 0 Å². The van der Waals surface area contributed by atoms with E-state index in [9.17, 15) is 0 Å². The van der Waals surface area contributed by atoms with Crippen LogP contribution in [0.15, 0.2) is 30.5 Å². The van der Waals surface area contributed by atoms with Gasteiger partial charge in [-0.25, -0.2) is 9.97 Å². The number of likely N-dealkylation sites (tertiary alicyclic amines) is 1. The summed E-state index contributed by atoms with van der Waals surface area (Å²) in [6.07, 6.45) is 7.08. The Balaban J connectivity index is 1.25. The van der Waals surface area contributed by atoms with E-state index < -0.39 is 0 Å². The molecule has 6 heteroatoms. The first-order chi connectivity index (χ1) is 14.4. The van der Waals surface area contributed by atoms with Gasteiger partial charge in [-0.3, -0.25) is 0 Å². The van der Waals surface area contributed by atoms with Gasteiger partial charge in [0, 0.05) is 62.3 Å². The van der Waals surface area contributed by atoms with Crippen LogP contribution in [0.1, 0.15) is 24.8 Å². The average Bonchev–Trinajstić information content (AvgIpc) is 3.44. The highest BCUT2D eigenvalue weighted by atomic mass is 15.2. The second kappa shape index (κ2) is 8.67. The molecule has 0 radical (unpaired) electrons. The van der Waals surface area contributed by atoms with Gasteiger partial charge >= 0.3 is 0 Å². The van der Waals surface area contributed by atoms with Crippen LogP contribution in [-0.2, 0) is 6.42 Å². The number of rotatable bonds is 6. The van der Waals surface area contributed by atoms with Crippen LogP contribution in [0.5, 0.6) is 0 Å². The fourth-order valence-corrected chi connectivity index (χ4v) is 4.80. The van der Waals surface area contributed by atoms with Gasteiger partial charge in [-0.1, -0.05) is 0 Å². The molecular weight excluding hydrogens is 360 g/mol. The van der Waals surface area contributed by atoms with E-state index >= 15 is 0 Å². The molecule has 0 bridgehead atoms. The van der Waals surface area contributed by atoms with Crippen LogP contribution in [0.2, 0.25) is 0 Å². The summed E-state index contributed by atoms with van der Waals surface area (Å²) in [6, 6.07) is 8.77. The van der Waals surface area contributed by atoms with E-state index in [4.69, 9.17) is 4.98 Å². The lowest BCUT2D eigenvalue weighted by Crippen LogP contribution is -2.43. The van der Waals surface area contributed by atoms with Gasteiger partial charge in [0.2, 0.25) is 0 Å². The minimum absolute atomic E-state index is 0.849. The quantitative estimate of drug-likeness (QED) is 0.815. The molecule has 0 amide bonds. The lowest BCUT2D eigenvalue weighted by molar-refractivity contribution is 0.335. The number of anilines is 2. The summed E-state index contributed by atoms with van der Waals surface area (Å²) in [5.74, 6) is 2.00. The second-order valence-electron chi connectivity index (χ2n) is 8.47. The number of nitrogens with one attached hydrogen (secondary N) is 1. The van der Waals surface area contributed by atoms with Gasteiger partial charge in [-0.2, -0.15) is 0 Å². The Morgan fingerprint density at radius 3 is 2.48 bits per heavy atom. The third-order valence-electron chi connectivity index (χ3n) is 6.50. The van der Waals surface area contributed by atoms with Gasteiger partial charge in [-0.05, 0) is 69.6 Å². The summed E-state index contributed by atoms with van der Waals surface area (Å²) in [7, 11) is 0. The van der Waals surface area contributed by atoms with Crippen LogP contribution in [0, 0.1) is 0 Å². The smallest absolute Gasteiger partial charge is 0.161 e. The molecule has 0 saturated carbocycles. The molecule has 0 unspecified atom stereocenters. The SMILES string of the molecule is c1cc(N2CCNCC2)ccc1-c1ncc2c(n1)N(CCCN1CCCC1)CC2. The van der Waals surface area contributed by atoms with E-state index in [-0.39, 0.29) is 0 Å². The van der Waals surface area contributed by atoms with Gasteiger partial charge in [0.05, 0.1) is 0 Å². The first kappa shape index (κ1) is 18.8. The summed E-state index contributed by atoms with van der Waals surface area (Å²) in [5, 5.41) is 3.41. The first-order valence-electron chi connectivity index (χ1n) is 11.3. The summed E-state index contributed by atoms with van der Waals surface area (Å²) < 4.78 is 0. The Morgan fingerprint density at radius 2 is 1.69 bits per heavy atom. The highest BCUT2D eigenvalue weighted by Crippen LogP contribution is 2.29. The Labute approximate surface area is 173 Å². The Bertz CT molecular complexity index is 809. The molecule has 2 fully saturated rings. The van der Waals surface area contributed by atoms with Crippen molar-refractivity contribution < 1.29 is 0 Å². The Hall–Kier alpha value is -2.18. The van der Waals surface area contributed by atoms with Gasteiger partial charge in [0.25, 0.3) is 0 Å². The highest BCUT2D eigenvalue weighted by Gasteiger charge is 2.22. The van der Waals surface area contributed by atoms with Gasteiger partial charge < -0.3 is 20.0 Å². The number of nitrogens with zero attached hydrogens (tertiary/aromatic N) is 5. The zero-order valence-corrected chi connectivity index (χ0v) is 17.3. The molecule has 1 aromatic carbocycles. The predicted molar refractivity (Wildman–Crippen MR) is 119 cm³/mol. The van der Waals surface area contributed by atoms with Crippen molar-refractivity contribution in [2.45, 2.75) is 25.7 Å². The fraction of sp³-hybridized carbons (Fsp3) is 0.565. The summed E-state index contributed by atoms with van der Waals surface area (Å²) >= 11 is 0. The largest absolute Gasteiger partial charge is 0.369 e. The minimum atomic E-state index is 0.849. The van der Waals surface area contributed by atoms with Gasteiger partial charge in [0.1, 0.15) is 5.82 Å². The first-order valence-corrected chi connectivity index (χ1v) is 11.3. The van der Waals surface area contributed by atoms with Crippen molar-refractivity contribution in [1.29, 1.82) is 0 Å². The van der Waals surface area contributed by atoms with Crippen LogP contribution in [-0.4, -0.2) is 73.8 Å². The molecule has 0 atom stereocenters. The molecular formula is C23H32N6. The summed E-state index contributed by atoms with van der Waals surface area (Å²) in [4.78, 5) is 17.1. The molecule has 4 heterocycles. The van der Waals surface area contributed by atoms with Crippen LogP contribution in [0.4, 0.5) is 11.5 Å². The number of benzene rings is 1. The molecule has 1 aromatic heterocycles. The normalized spacial score (nSPS) is 19.7. The van der Waals surface area contributed by atoms with E-state index in [1.165, 1.54) is 50.1 Å². The third kappa shape index (κ3) is 4.23. The van der Waals surface area contributed by atoms with Crippen LogP contribution >= 0.6 is 0 Å². The number of fused-ring (bicyclic) bond motifs is 1. The molecule has 154 valence electrons. The molecule has 0 spiro atoms. The molecule has 29 heavy (non-hydrogen) atoms. The lowest BCUT2D eigenvalue weighted by atomic mass is 10.1. The van der Waals surface area contributed by atoms with Crippen LogP contribution < -0.4 is 15.1 Å². The van der Waals surface area contributed by atoms with Gasteiger partial charge in [-0.15, -0.1) is 0 Å². The maximum Gasteiger partial charge on any atom is 0.161 e. The van der Waals surface area contributed by atoms with E-state index in [0.29, 0.717) is 0 Å². The standard InChI is InChI=1S/C23H32N6/c1-2-12-27(11-1)13-3-14-29-15-8-20-18-25-22(26-23(20)29)19-4-6-21(7-5-19)28-16-9-24-10-17-28/h4-7,18,24H,1-3,8-17H2. The van der Waals surface area contributed by atoms with Gasteiger partial charge in [0.15, 0.2) is 5.82 Å². The Morgan fingerprint density at radius 1 is 0.897 bits per heavy atom. The lowest BCUT2D eigenvalue weighted by Gasteiger charge is -2.29. The zero-order chi connectivity index (χ0) is 19.5. The molecule has 2 aromatic rings. The van der Waals surface area contributed by atoms with E-state index in [0.717, 1.165) is 62.9 Å². The van der Waals surface area contributed by atoms with Crippen LogP contribution in [0.3, 0.4) is 0 Å². The molecule has 3 aliphatic rings. The number of hydrogen-bond acceptors (Lipinski definition) is 6. The maximum absolute atomic E-state index is 4.98. The van der Waals surface area contributed by atoms with E-state index in [2.05, 4.69) is 49.3 Å². The average molecular weight is 393 g/mol.